The Labute approximate surface area is 249 Å². The molecule has 236 valence electrons. The van der Waals surface area contributed by atoms with Gasteiger partial charge in [0.15, 0.2) is 0 Å². The molecule has 0 spiro atoms. The van der Waals surface area contributed by atoms with Gasteiger partial charge in [-0.15, -0.1) is 0 Å². The molecule has 44 heavy (non-hydrogen) atoms. The summed E-state index contributed by atoms with van der Waals surface area (Å²) in [4.78, 5) is 27.6. The van der Waals surface area contributed by atoms with Crippen molar-refractivity contribution >= 4 is 11.6 Å². The van der Waals surface area contributed by atoms with Crippen LogP contribution in [0.3, 0.4) is 0 Å². The van der Waals surface area contributed by atoms with Crippen LogP contribution in [0.25, 0.3) is 0 Å². The summed E-state index contributed by atoms with van der Waals surface area (Å²) in [6.07, 6.45) is -5.05. The molecule has 7 rings (SSSR count). The maximum Gasteiger partial charge on any atom is 0.419 e. The molecule has 0 heterocycles. The molecule has 5 saturated carbocycles. The lowest BCUT2D eigenvalue weighted by Gasteiger charge is -2.40. The van der Waals surface area contributed by atoms with Crippen LogP contribution in [-0.4, -0.2) is 11.6 Å². The van der Waals surface area contributed by atoms with Gasteiger partial charge in [-0.05, 0) is 122 Å². The number of fused-ring (bicyclic) bond motifs is 6. The Kier molecular flexibility index (Phi) is 7.05. The molecule has 0 N–H and O–H groups in total. The Morgan fingerprint density at radius 3 is 1.23 bits per heavy atom. The van der Waals surface area contributed by atoms with E-state index in [1.165, 1.54) is 12.1 Å². The first-order chi connectivity index (χ1) is 20.7. The molecular formula is C34H32F8O2. The zero-order chi connectivity index (χ0) is 31.3. The molecule has 0 aliphatic heterocycles. The number of ketones is 2. The van der Waals surface area contributed by atoms with E-state index < -0.39 is 35.1 Å². The van der Waals surface area contributed by atoms with E-state index in [1.54, 1.807) is 0 Å². The Bertz CT molecular complexity index is 1380. The number of carbonyl (C=O) groups is 2. The summed E-state index contributed by atoms with van der Waals surface area (Å²) in [5.41, 5.74) is -1.79. The zero-order valence-corrected chi connectivity index (χ0v) is 23.7. The first-order valence-corrected chi connectivity index (χ1v) is 15.5. The number of hydrogen-bond acceptors (Lipinski definition) is 2. The molecule has 10 unspecified atom stereocenters. The molecule has 10 atom stereocenters. The van der Waals surface area contributed by atoms with Crippen molar-refractivity contribution in [2.24, 2.45) is 47.3 Å². The van der Waals surface area contributed by atoms with Gasteiger partial charge >= 0.3 is 12.4 Å². The maximum absolute atomic E-state index is 13.9. The van der Waals surface area contributed by atoms with Gasteiger partial charge in [-0.2, -0.15) is 26.3 Å². The minimum atomic E-state index is -4.80. The standard InChI is InChI=1S/C34H32F8O2/c35-29-7-3-17(11-27(29)33(37,38)39)15-1-5-19-21-13-26-22(14-25(21)31(43)23(19)9-15)20-6-2-16(10-24(20)32(26)44)18-4-8-30(36)28(12-18)34(40,41)42/h3-4,7-8,11-12,15-16,19-26H,1-2,5-6,9-10,13-14H2. The summed E-state index contributed by atoms with van der Waals surface area (Å²) in [6.45, 7) is 0. The third-order valence-electron chi connectivity index (χ3n) is 12.0. The Hall–Kier alpha value is -2.78. The lowest BCUT2D eigenvalue weighted by molar-refractivity contribution is -0.140. The van der Waals surface area contributed by atoms with E-state index in [0.717, 1.165) is 24.3 Å². The molecule has 0 amide bonds. The predicted octanol–water partition coefficient (Wildman–Crippen LogP) is 9.13. The highest BCUT2D eigenvalue weighted by atomic mass is 19.4. The Morgan fingerprint density at radius 1 is 0.500 bits per heavy atom. The normalized spacial score (nSPS) is 36.9. The summed E-state index contributed by atoms with van der Waals surface area (Å²) in [6, 6.07) is 6.23. The van der Waals surface area contributed by atoms with Gasteiger partial charge in [-0.1, -0.05) is 12.1 Å². The van der Waals surface area contributed by atoms with Crippen LogP contribution in [0, 0.1) is 59.0 Å². The molecule has 0 bridgehead atoms. The van der Waals surface area contributed by atoms with Crippen molar-refractivity contribution in [3.8, 4) is 0 Å². The van der Waals surface area contributed by atoms with Crippen molar-refractivity contribution in [1.29, 1.82) is 0 Å². The van der Waals surface area contributed by atoms with Gasteiger partial charge in [-0.25, -0.2) is 8.78 Å². The highest BCUT2D eigenvalue weighted by Crippen LogP contribution is 2.62. The van der Waals surface area contributed by atoms with E-state index in [0.29, 0.717) is 62.5 Å². The minimum absolute atomic E-state index is 0.0417. The van der Waals surface area contributed by atoms with Crippen LogP contribution in [0.2, 0.25) is 0 Å². The number of benzene rings is 2. The zero-order valence-electron chi connectivity index (χ0n) is 23.7. The SMILES string of the molecule is O=C1C2CC(c3ccc(F)c(C(F)(F)F)c3)CCC2C2CC3C(=O)C4CC(c5ccc(F)c(C(F)(F)F)c5)CCC4C3CC12. The van der Waals surface area contributed by atoms with Crippen molar-refractivity contribution in [3.05, 3.63) is 70.3 Å². The fraction of sp³-hybridized carbons (Fsp3) is 0.588. The van der Waals surface area contributed by atoms with Gasteiger partial charge in [0.25, 0.3) is 0 Å². The fourth-order valence-electron chi connectivity index (χ4n) is 10.1. The molecule has 0 radical (unpaired) electrons. The lowest BCUT2D eigenvalue weighted by Crippen LogP contribution is -2.35. The third-order valence-corrected chi connectivity index (χ3v) is 12.0. The number of carbonyl (C=O) groups excluding carboxylic acids is 2. The van der Waals surface area contributed by atoms with Crippen LogP contribution in [0.15, 0.2) is 36.4 Å². The smallest absolute Gasteiger partial charge is 0.299 e. The molecule has 2 aromatic rings. The number of alkyl halides is 6. The molecule has 0 saturated heterocycles. The Balaban J connectivity index is 1.06. The summed E-state index contributed by atoms with van der Waals surface area (Å²) in [5.74, 6) is -3.65. The summed E-state index contributed by atoms with van der Waals surface area (Å²) in [5, 5.41) is 0. The van der Waals surface area contributed by atoms with Crippen molar-refractivity contribution in [2.75, 3.05) is 0 Å². The highest BCUT2D eigenvalue weighted by Gasteiger charge is 2.61. The quantitative estimate of drug-likeness (QED) is 0.313. The van der Waals surface area contributed by atoms with Crippen LogP contribution in [0.4, 0.5) is 35.1 Å². The first-order valence-electron chi connectivity index (χ1n) is 15.5. The second-order valence-corrected chi connectivity index (χ2v) is 13.9. The molecule has 5 aliphatic rings. The predicted molar refractivity (Wildman–Crippen MR) is 143 cm³/mol. The Morgan fingerprint density at radius 2 is 0.864 bits per heavy atom. The van der Waals surface area contributed by atoms with Crippen molar-refractivity contribution in [2.45, 2.75) is 75.6 Å². The topological polar surface area (TPSA) is 34.1 Å². The van der Waals surface area contributed by atoms with E-state index in [-0.39, 0.29) is 70.7 Å². The van der Waals surface area contributed by atoms with Crippen LogP contribution in [0.1, 0.15) is 85.5 Å². The summed E-state index contributed by atoms with van der Waals surface area (Å²) >= 11 is 0. The van der Waals surface area contributed by atoms with Gasteiger partial charge in [0.2, 0.25) is 0 Å². The largest absolute Gasteiger partial charge is 0.419 e. The van der Waals surface area contributed by atoms with Gasteiger partial charge in [0, 0.05) is 23.7 Å². The second kappa shape index (κ2) is 10.4. The molecule has 0 aromatic heterocycles. The van der Waals surface area contributed by atoms with Gasteiger partial charge in [-0.3, -0.25) is 9.59 Å². The highest BCUT2D eigenvalue weighted by molar-refractivity contribution is 5.90. The van der Waals surface area contributed by atoms with Crippen molar-refractivity contribution in [3.63, 3.8) is 0 Å². The van der Waals surface area contributed by atoms with Gasteiger partial charge in [0.1, 0.15) is 23.2 Å². The number of rotatable bonds is 2. The maximum atomic E-state index is 13.9. The number of hydrogen-bond donors (Lipinski definition) is 0. The second-order valence-electron chi connectivity index (χ2n) is 13.9. The van der Waals surface area contributed by atoms with Crippen molar-refractivity contribution < 1.29 is 44.7 Å². The van der Waals surface area contributed by atoms with Crippen LogP contribution >= 0.6 is 0 Å². The van der Waals surface area contributed by atoms with E-state index in [2.05, 4.69) is 0 Å². The molecule has 10 heteroatoms. The molecule has 5 fully saturated rings. The first kappa shape index (κ1) is 29.9. The average molecular weight is 625 g/mol. The minimum Gasteiger partial charge on any atom is -0.299 e. The van der Waals surface area contributed by atoms with E-state index in [1.807, 2.05) is 0 Å². The number of Topliss-reactive ketones (excluding diaryl/α,β-unsaturated/α-hetero) is 2. The third kappa shape index (κ3) is 4.80. The summed E-state index contributed by atoms with van der Waals surface area (Å²) < 4.78 is 108. The van der Waals surface area contributed by atoms with Crippen LogP contribution in [0.5, 0.6) is 0 Å². The fourth-order valence-corrected chi connectivity index (χ4v) is 10.1. The molecule has 2 aromatic carbocycles. The molecule has 2 nitrogen and oxygen atoms in total. The monoisotopic (exact) mass is 624 g/mol. The van der Waals surface area contributed by atoms with E-state index in [4.69, 9.17) is 0 Å². The average Bonchev–Trinajstić information content (AvgIpc) is 3.41. The van der Waals surface area contributed by atoms with Crippen molar-refractivity contribution in [1.82, 2.24) is 0 Å². The lowest BCUT2D eigenvalue weighted by atomic mass is 9.63. The van der Waals surface area contributed by atoms with E-state index in [9.17, 15) is 44.7 Å². The summed E-state index contributed by atoms with van der Waals surface area (Å²) in [7, 11) is 0. The molecular weight excluding hydrogens is 592 g/mol. The van der Waals surface area contributed by atoms with Gasteiger partial charge in [0.05, 0.1) is 11.1 Å². The number of halogens is 8. The van der Waals surface area contributed by atoms with Crippen LogP contribution in [-0.2, 0) is 21.9 Å². The molecule has 5 aliphatic carbocycles. The van der Waals surface area contributed by atoms with E-state index >= 15 is 0 Å². The van der Waals surface area contributed by atoms with Crippen LogP contribution < -0.4 is 0 Å². The van der Waals surface area contributed by atoms with Gasteiger partial charge < -0.3 is 0 Å².